The van der Waals surface area contributed by atoms with Crippen molar-refractivity contribution in [2.24, 2.45) is 22.7 Å². The van der Waals surface area contributed by atoms with Gasteiger partial charge in [0.1, 0.15) is 0 Å². The lowest BCUT2D eigenvalue weighted by atomic mass is 9.41. The molecule has 7 heteroatoms. The summed E-state index contributed by atoms with van der Waals surface area (Å²) in [4.78, 5) is 37.4. The quantitative estimate of drug-likeness (QED) is 0.600. The first-order valence-electron chi connectivity index (χ1n) is 8.23. The van der Waals surface area contributed by atoms with Crippen LogP contribution in [0.25, 0.3) is 0 Å². The van der Waals surface area contributed by atoms with Gasteiger partial charge in [-0.2, -0.15) is 0 Å². The molecule has 1 N–H and O–H groups in total. The molecule has 0 spiro atoms. The van der Waals surface area contributed by atoms with Crippen LogP contribution in [0.5, 0.6) is 0 Å². The Hall–Kier alpha value is -1.63. The Morgan fingerprint density at radius 3 is 2.21 bits per heavy atom. The molecule has 5 unspecified atom stereocenters. The summed E-state index contributed by atoms with van der Waals surface area (Å²) < 4.78 is 14.9. The van der Waals surface area contributed by atoms with Crippen molar-refractivity contribution in [2.75, 3.05) is 21.3 Å². The summed E-state index contributed by atoms with van der Waals surface area (Å²) in [5.41, 5.74) is -3.23. The fourth-order valence-electron chi connectivity index (χ4n) is 5.80. The van der Waals surface area contributed by atoms with Gasteiger partial charge in [0.05, 0.1) is 43.7 Å². The van der Waals surface area contributed by atoms with E-state index >= 15 is 0 Å². The summed E-state index contributed by atoms with van der Waals surface area (Å²) in [7, 11) is 3.92. The first-order valence-corrected chi connectivity index (χ1v) is 8.23. The van der Waals surface area contributed by atoms with Crippen LogP contribution >= 0.6 is 0 Å². The molecule has 0 heterocycles. The van der Waals surface area contributed by atoms with Crippen molar-refractivity contribution >= 4 is 17.9 Å². The van der Waals surface area contributed by atoms with Gasteiger partial charge in [0.15, 0.2) is 0 Å². The zero-order valence-electron chi connectivity index (χ0n) is 14.3. The molecule has 0 aromatic carbocycles. The Bertz CT molecular complexity index is 583. The van der Waals surface area contributed by atoms with Crippen molar-refractivity contribution in [3.05, 3.63) is 0 Å². The Kier molecular flexibility index (Phi) is 3.90. The van der Waals surface area contributed by atoms with E-state index < -0.39 is 40.3 Å². The highest BCUT2D eigenvalue weighted by molar-refractivity contribution is 5.85. The molecule has 0 aromatic heterocycles. The Morgan fingerprint density at radius 2 is 1.62 bits per heavy atom. The summed E-state index contributed by atoms with van der Waals surface area (Å²) in [5.74, 6) is -2.14. The van der Waals surface area contributed by atoms with E-state index in [1.54, 1.807) is 0 Å². The van der Waals surface area contributed by atoms with Crippen LogP contribution in [0.3, 0.4) is 0 Å². The molecule has 3 saturated carbocycles. The predicted octanol–water partition coefficient (Wildman–Crippen LogP) is 0.823. The number of rotatable bonds is 3. The normalized spacial score (nSPS) is 43.0. The topological polar surface area (TPSA) is 99.1 Å². The first-order chi connectivity index (χ1) is 11.3. The highest BCUT2D eigenvalue weighted by Gasteiger charge is 2.71. The molecule has 3 aliphatic carbocycles. The fraction of sp³-hybridized carbons (Fsp3) is 0.824. The van der Waals surface area contributed by atoms with Crippen molar-refractivity contribution < 1.29 is 33.7 Å². The van der Waals surface area contributed by atoms with Gasteiger partial charge in [-0.3, -0.25) is 14.4 Å². The predicted molar refractivity (Wildman–Crippen MR) is 80.5 cm³/mol. The van der Waals surface area contributed by atoms with Crippen LogP contribution in [0, 0.1) is 22.7 Å². The second-order valence-corrected chi connectivity index (χ2v) is 7.65. The van der Waals surface area contributed by atoms with Crippen LogP contribution < -0.4 is 0 Å². The highest BCUT2D eigenvalue weighted by Crippen LogP contribution is 2.67. The summed E-state index contributed by atoms with van der Waals surface area (Å²) in [6, 6.07) is 0. The van der Waals surface area contributed by atoms with Gasteiger partial charge in [0.25, 0.3) is 0 Å². The Labute approximate surface area is 140 Å². The molecule has 0 amide bonds. The monoisotopic (exact) mass is 340 g/mol. The Balaban J connectivity index is 2.12. The largest absolute Gasteiger partial charge is 0.469 e. The van der Waals surface area contributed by atoms with Crippen LogP contribution in [0.1, 0.15) is 38.5 Å². The molecular formula is C17H24O7. The first kappa shape index (κ1) is 17.2. The number of fused-ring (bicyclic) bond motifs is 2. The second-order valence-electron chi connectivity index (χ2n) is 7.65. The molecule has 24 heavy (non-hydrogen) atoms. The van der Waals surface area contributed by atoms with Gasteiger partial charge in [-0.15, -0.1) is 0 Å². The summed E-state index contributed by atoms with van der Waals surface area (Å²) >= 11 is 0. The van der Waals surface area contributed by atoms with Gasteiger partial charge in [0, 0.05) is 0 Å². The molecule has 3 fully saturated rings. The number of hydrogen-bond donors (Lipinski definition) is 1. The number of esters is 3. The lowest BCUT2D eigenvalue weighted by molar-refractivity contribution is -0.230. The van der Waals surface area contributed by atoms with Gasteiger partial charge >= 0.3 is 17.9 Å². The van der Waals surface area contributed by atoms with Crippen LogP contribution in [0.4, 0.5) is 0 Å². The third-order valence-electron chi connectivity index (χ3n) is 6.41. The molecule has 3 bridgehead atoms. The van der Waals surface area contributed by atoms with E-state index in [4.69, 9.17) is 14.2 Å². The van der Waals surface area contributed by atoms with Crippen LogP contribution in [-0.4, -0.2) is 49.9 Å². The molecule has 0 aromatic rings. The van der Waals surface area contributed by atoms with Gasteiger partial charge in [-0.25, -0.2) is 0 Å². The molecule has 3 aliphatic rings. The minimum atomic E-state index is -1.28. The maximum absolute atomic E-state index is 12.7. The van der Waals surface area contributed by atoms with E-state index in [9.17, 15) is 19.5 Å². The number of aliphatic hydroxyl groups is 1. The SMILES string of the molecule is COC(=O)C1CC2(O)CC3(C(=O)OC)CCC1C(C(=O)OC)(C2)C3. The molecule has 7 nitrogen and oxygen atoms in total. The minimum absolute atomic E-state index is 0.196. The third kappa shape index (κ3) is 2.17. The molecular weight excluding hydrogens is 316 g/mol. The summed E-state index contributed by atoms with van der Waals surface area (Å²) in [5, 5.41) is 11.1. The van der Waals surface area contributed by atoms with E-state index in [2.05, 4.69) is 0 Å². The van der Waals surface area contributed by atoms with Crippen molar-refractivity contribution in [3.63, 3.8) is 0 Å². The van der Waals surface area contributed by atoms with Gasteiger partial charge in [-0.1, -0.05) is 0 Å². The molecule has 0 radical (unpaired) electrons. The summed E-state index contributed by atoms with van der Waals surface area (Å²) in [6.45, 7) is 0. The molecule has 0 saturated heterocycles. The van der Waals surface area contributed by atoms with Gasteiger partial charge in [-0.05, 0) is 44.4 Å². The van der Waals surface area contributed by atoms with Crippen molar-refractivity contribution in [1.29, 1.82) is 0 Å². The van der Waals surface area contributed by atoms with Gasteiger partial charge < -0.3 is 19.3 Å². The number of ether oxygens (including phenoxy) is 3. The number of carbonyl (C=O) groups excluding carboxylic acids is 3. The number of hydrogen-bond acceptors (Lipinski definition) is 7. The molecule has 3 rings (SSSR count). The van der Waals surface area contributed by atoms with Crippen molar-refractivity contribution in [2.45, 2.75) is 44.1 Å². The van der Waals surface area contributed by atoms with E-state index in [1.807, 2.05) is 0 Å². The van der Waals surface area contributed by atoms with Crippen LogP contribution in [0.15, 0.2) is 0 Å². The van der Waals surface area contributed by atoms with E-state index in [-0.39, 0.29) is 31.6 Å². The zero-order valence-corrected chi connectivity index (χ0v) is 14.3. The van der Waals surface area contributed by atoms with E-state index in [1.165, 1.54) is 21.3 Å². The lowest BCUT2D eigenvalue weighted by Crippen LogP contribution is -2.66. The average Bonchev–Trinajstić information content (AvgIpc) is 2.56. The van der Waals surface area contributed by atoms with Crippen LogP contribution in [0.2, 0.25) is 0 Å². The van der Waals surface area contributed by atoms with E-state index in [0.717, 1.165) is 0 Å². The minimum Gasteiger partial charge on any atom is -0.469 e. The standard InChI is InChI=1S/C17H24O7/c1-22-12(18)10-6-16(21)7-15(13(19)23-2)5-4-11(10)17(8-15,9-16)14(20)24-3/h10-11,21H,4-9H2,1-3H3. The molecule has 134 valence electrons. The second kappa shape index (κ2) is 5.44. The van der Waals surface area contributed by atoms with Crippen molar-refractivity contribution in [3.8, 4) is 0 Å². The molecule has 5 atom stereocenters. The van der Waals surface area contributed by atoms with Crippen LogP contribution in [-0.2, 0) is 28.6 Å². The summed E-state index contributed by atoms with van der Waals surface area (Å²) in [6.07, 6.45) is 1.87. The van der Waals surface area contributed by atoms with E-state index in [0.29, 0.717) is 12.8 Å². The average molecular weight is 340 g/mol. The van der Waals surface area contributed by atoms with Gasteiger partial charge in [0.2, 0.25) is 0 Å². The number of carbonyl (C=O) groups is 3. The van der Waals surface area contributed by atoms with Crippen molar-refractivity contribution in [1.82, 2.24) is 0 Å². The molecule has 0 aliphatic heterocycles. The lowest BCUT2D eigenvalue weighted by Gasteiger charge is -2.62. The third-order valence-corrected chi connectivity index (χ3v) is 6.41. The maximum Gasteiger partial charge on any atom is 0.312 e. The smallest absolute Gasteiger partial charge is 0.312 e. The Morgan fingerprint density at radius 1 is 0.958 bits per heavy atom. The highest BCUT2D eigenvalue weighted by atomic mass is 16.5. The zero-order chi connectivity index (χ0) is 17.8. The number of methoxy groups -OCH3 is 3. The fourth-order valence-corrected chi connectivity index (χ4v) is 5.80. The maximum atomic E-state index is 12.7.